The van der Waals surface area contributed by atoms with Crippen LogP contribution in [0.4, 0.5) is 4.79 Å². The minimum absolute atomic E-state index is 0.162. The normalized spacial score (nSPS) is 22.6. The van der Waals surface area contributed by atoms with Crippen LogP contribution in [0.3, 0.4) is 0 Å². The Morgan fingerprint density at radius 2 is 1.87 bits per heavy atom. The average Bonchev–Trinajstić information content (AvgIpc) is 2.42. The summed E-state index contributed by atoms with van der Waals surface area (Å²) in [6.07, 6.45) is 3.08. The first-order valence-corrected chi connectivity index (χ1v) is 9.71. The Bertz CT molecular complexity index is 442. The van der Waals surface area contributed by atoms with Crippen molar-refractivity contribution < 1.29 is 9.53 Å². The third-order valence-electron chi connectivity index (χ3n) is 4.95. The fourth-order valence-corrected chi connectivity index (χ4v) is 3.76. The summed E-state index contributed by atoms with van der Waals surface area (Å²) in [5, 5.41) is 0.890. The molecule has 2 aliphatic rings. The highest BCUT2D eigenvalue weighted by Gasteiger charge is 2.46. The van der Waals surface area contributed by atoms with Gasteiger partial charge in [-0.1, -0.05) is 28.1 Å². The summed E-state index contributed by atoms with van der Waals surface area (Å²) < 4.78 is 5.47. The molecule has 2 heterocycles. The molecule has 0 saturated carbocycles. The maximum absolute atomic E-state index is 12.1. The number of rotatable bonds is 4. The highest BCUT2D eigenvalue weighted by atomic mass is 79.9. The number of carbonyl (C=O) groups is 1. The molecule has 132 valence electrons. The zero-order valence-electron chi connectivity index (χ0n) is 15.0. The summed E-state index contributed by atoms with van der Waals surface area (Å²) in [4.78, 5) is 16.6. The number of hydrogen-bond acceptors (Lipinski definition) is 3. The Hall–Kier alpha value is -0.550. The number of amides is 1. The van der Waals surface area contributed by atoms with Gasteiger partial charge in [-0.05, 0) is 52.4 Å². The van der Waals surface area contributed by atoms with E-state index in [1.807, 2.05) is 25.7 Å². The summed E-state index contributed by atoms with van der Waals surface area (Å²) in [5.74, 6) is 0. The van der Waals surface area contributed by atoms with E-state index < -0.39 is 5.60 Å². The van der Waals surface area contributed by atoms with Gasteiger partial charge in [0, 0.05) is 37.6 Å². The molecule has 0 bridgehead atoms. The van der Waals surface area contributed by atoms with Crippen molar-refractivity contribution >= 4 is 22.0 Å². The third kappa shape index (κ3) is 4.96. The number of hydrogen-bond donors (Lipinski definition) is 0. The lowest BCUT2D eigenvalue weighted by molar-refractivity contribution is -0.0676. The minimum atomic E-state index is -0.410. The van der Waals surface area contributed by atoms with Crippen molar-refractivity contribution in [2.75, 3.05) is 31.5 Å². The fourth-order valence-electron chi connectivity index (χ4n) is 3.53. The number of nitrogens with zero attached hydrogens (tertiary/aromatic N) is 2. The second-order valence-electron chi connectivity index (χ2n) is 8.31. The Morgan fingerprint density at radius 1 is 1.30 bits per heavy atom. The van der Waals surface area contributed by atoms with Gasteiger partial charge in [-0.2, -0.15) is 0 Å². The first kappa shape index (κ1) is 18.8. The summed E-state index contributed by atoms with van der Waals surface area (Å²) in [6.45, 7) is 16.1. The van der Waals surface area contributed by atoms with Gasteiger partial charge in [-0.25, -0.2) is 4.79 Å². The number of halogens is 1. The molecule has 1 amide bonds. The standard InChI is InChI=1S/C18H31BrN2O2/c1-14(11-19)10-15(2)21-12-18(13-21)6-8-20(9-7-18)16(22)23-17(3,4)5/h15H,1,6-13H2,2-5H3. The zero-order valence-corrected chi connectivity index (χ0v) is 16.6. The van der Waals surface area contributed by atoms with E-state index in [1.165, 1.54) is 5.57 Å². The molecule has 0 aromatic rings. The number of carbonyl (C=O) groups excluding carboxylic acids is 1. The molecule has 4 nitrogen and oxygen atoms in total. The summed E-state index contributed by atoms with van der Waals surface area (Å²) in [6, 6.07) is 0.564. The van der Waals surface area contributed by atoms with E-state index >= 15 is 0 Å². The van der Waals surface area contributed by atoms with Crippen LogP contribution in [0.1, 0.15) is 47.0 Å². The number of alkyl halides is 1. The van der Waals surface area contributed by atoms with E-state index in [0.29, 0.717) is 11.5 Å². The monoisotopic (exact) mass is 386 g/mol. The highest BCUT2D eigenvalue weighted by Crippen LogP contribution is 2.42. The molecule has 0 aliphatic carbocycles. The zero-order chi connectivity index (χ0) is 17.3. The molecule has 2 rings (SSSR count). The van der Waals surface area contributed by atoms with Crippen molar-refractivity contribution in [2.24, 2.45) is 5.41 Å². The third-order valence-corrected chi connectivity index (χ3v) is 5.74. The van der Waals surface area contributed by atoms with Gasteiger partial charge >= 0.3 is 6.09 Å². The van der Waals surface area contributed by atoms with E-state index in [0.717, 1.165) is 50.8 Å². The largest absolute Gasteiger partial charge is 0.444 e. The SMILES string of the molecule is C=C(CBr)CC(C)N1CC2(CCN(C(=O)OC(C)(C)C)CC2)C1. The molecule has 0 radical (unpaired) electrons. The Labute approximate surface area is 149 Å². The van der Waals surface area contributed by atoms with Gasteiger partial charge in [-0.15, -0.1) is 0 Å². The van der Waals surface area contributed by atoms with E-state index in [2.05, 4.69) is 34.3 Å². The van der Waals surface area contributed by atoms with Gasteiger partial charge in [-0.3, -0.25) is 4.90 Å². The molecule has 1 atom stereocenters. The molecule has 1 spiro atoms. The maximum Gasteiger partial charge on any atom is 0.410 e. The molecule has 5 heteroatoms. The van der Waals surface area contributed by atoms with Crippen molar-refractivity contribution in [1.29, 1.82) is 0 Å². The summed E-state index contributed by atoms with van der Waals surface area (Å²) >= 11 is 3.48. The van der Waals surface area contributed by atoms with Crippen LogP contribution in [-0.2, 0) is 4.74 Å². The number of ether oxygens (including phenoxy) is 1. The van der Waals surface area contributed by atoms with Gasteiger partial charge in [0.15, 0.2) is 0 Å². The molecule has 2 fully saturated rings. The second kappa shape index (κ2) is 7.14. The predicted molar refractivity (Wildman–Crippen MR) is 98.1 cm³/mol. The van der Waals surface area contributed by atoms with Crippen molar-refractivity contribution in [3.63, 3.8) is 0 Å². The molecule has 2 aliphatic heterocycles. The fraction of sp³-hybridized carbons (Fsp3) is 0.833. The first-order valence-electron chi connectivity index (χ1n) is 8.59. The maximum atomic E-state index is 12.1. The molecule has 1 unspecified atom stereocenters. The quantitative estimate of drug-likeness (QED) is 0.539. The van der Waals surface area contributed by atoms with Crippen LogP contribution in [-0.4, -0.2) is 59.0 Å². The molecular formula is C18H31BrN2O2. The second-order valence-corrected chi connectivity index (χ2v) is 8.87. The predicted octanol–water partition coefficient (Wildman–Crippen LogP) is 4.05. The van der Waals surface area contributed by atoms with Crippen molar-refractivity contribution in [2.45, 2.75) is 58.6 Å². The highest BCUT2D eigenvalue weighted by molar-refractivity contribution is 9.09. The van der Waals surface area contributed by atoms with Crippen LogP contribution >= 0.6 is 15.9 Å². The number of piperidine rings is 1. The summed E-state index contributed by atoms with van der Waals surface area (Å²) in [5.41, 5.74) is 1.27. The first-order chi connectivity index (χ1) is 10.6. The van der Waals surface area contributed by atoms with Crippen LogP contribution in [0.25, 0.3) is 0 Å². The lowest BCUT2D eigenvalue weighted by Crippen LogP contribution is -2.63. The summed E-state index contributed by atoms with van der Waals surface area (Å²) in [7, 11) is 0. The van der Waals surface area contributed by atoms with Crippen LogP contribution in [0, 0.1) is 5.41 Å². The van der Waals surface area contributed by atoms with Crippen LogP contribution in [0.15, 0.2) is 12.2 Å². The molecule has 0 aromatic carbocycles. The van der Waals surface area contributed by atoms with Crippen LogP contribution in [0.5, 0.6) is 0 Å². The van der Waals surface area contributed by atoms with Crippen molar-refractivity contribution in [3.8, 4) is 0 Å². The van der Waals surface area contributed by atoms with Gasteiger partial charge in [0.2, 0.25) is 0 Å². The van der Waals surface area contributed by atoms with E-state index in [1.54, 1.807) is 0 Å². The van der Waals surface area contributed by atoms with Gasteiger partial charge in [0.05, 0.1) is 0 Å². The Morgan fingerprint density at radius 3 is 2.35 bits per heavy atom. The minimum Gasteiger partial charge on any atom is -0.444 e. The van der Waals surface area contributed by atoms with E-state index in [-0.39, 0.29) is 6.09 Å². The molecule has 0 N–H and O–H groups in total. The van der Waals surface area contributed by atoms with Gasteiger partial charge in [0.25, 0.3) is 0 Å². The Kier molecular flexibility index (Phi) is 5.83. The lowest BCUT2D eigenvalue weighted by Gasteiger charge is -2.56. The van der Waals surface area contributed by atoms with Crippen LogP contribution in [0.2, 0.25) is 0 Å². The molecule has 0 aromatic heterocycles. The van der Waals surface area contributed by atoms with E-state index in [4.69, 9.17) is 4.74 Å². The number of likely N-dealkylation sites (tertiary alicyclic amines) is 2. The molecule has 2 saturated heterocycles. The molecule has 23 heavy (non-hydrogen) atoms. The Balaban J connectivity index is 1.76. The lowest BCUT2D eigenvalue weighted by atomic mass is 9.71. The van der Waals surface area contributed by atoms with Crippen molar-refractivity contribution in [1.82, 2.24) is 9.80 Å². The average molecular weight is 387 g/mol. The smallest absolute Gasteiger partial charge is 0.410 e. The van der Waals surface area contributed by atoms with E-state index in [9.17, 15) is 4.79 Å². The van der Waals surface area contributed by atoms with Gasteiger partial charge < -0.3 is 9.64 Å². The molecular weight excluding hydrogens is 356 g/mol. The van der Waals surface area contributed by atoms with Crippen LogP contribution < -0.4 is 0 Å². The topological polar surface area (TPSA) is 32.8 Å². The van der Waals surface area contributed by atoms with Crippen molar-refractivity contribution in [3.05, 3.63) is 12.2 Å². The van der Waals surface area contributed by atoms with Gasteiger partial charge in [0.1, 0.15) is 5.60 Å².